The molecule has 100 valence electrons. The van der Waals surface area contributed by atoms with Gasteiger partial charge in [0.15, 0.2) is 0 Å². The van der Waals surface area contributed by atoms with Gasteiger partial charge < -0.3 is 15.0 Å². The molecule has 2 atom stereocenters. The van der Waals surface area contributed by atoms with Crippen LogP contribution in [0.5, 0.6) is 0 Å². The average Bonchev–Trinajstić information content (AvgIpc) is 3.03. The van der Waals surface area contributed by atoms with Crippen LogP contribution in [0.4, 0.5) is 5.69 Å². The molecule has 1 aliphatic rings. The number of nitrogens with one attached hydrogen (secondary N) is 1. The number of aryl methyl sites for hydroxylation is 1. The Morgan fingerprint density at radius 1 is 1.47 bits per heavy atom. The van der Waals surface area contributed by atoms with E-state index in [0.29, 0.717) is 0 Å². The van der Waals surface area contributed by atoms with E-state index in [0.717, 1.165) is 24.2 Å². The normalized spacial score (nSPS) is 21.6. The van der Waals surface area contributed by atoms with Gasteiger partial charge in [0.25, 0.3) is 0 Å². The summed E-state index contributed by atoms with van der Waals surface area (Å²) in [6.07, 6.45) is 0.807. The number of anilines is 1. The van der Waals surface area contributed by atoms with Crippen molar-refractivity contribution in [2.24, 2.45) is 11.8 Å². The molecule has 0 spiro atoms. The maximum absolute atomic E-state index is 10.9. The first-order chi connectivity index (χ1) is 9.08. The Hall–Kier alpha value is -1.97. The highest BCUT2D eigenvalue weighted by Gasteiger charge is 2.43. The van der Waals surface area contributed by atoms with Crippen LogP contribution in [0.1, 0.15) is 12.1 Å². The van der Waals surface area contributed by atoms with Crippen molar-refractivity contribution < 1.29 is 9.90 Å². The second-order valence-corrected chi connectivity index (χ2v) is 5.47. The standard InChI is InChI=1S/C15H18N2O2/c1-9-14(11-5-3-4-6-13(11)16-9)17(2)8-10-7-12(10)15(18)19/h3-6,10,12,16H,7-8H2,1-2H3,(H,18,19). The van der Waals surface area contributed by atoms with Gasteiger partial charge in [0.1, 0.15) is 0 Å². The molecular weight excluding hydrogens is 240 g/mol. The van der Waals surface area contributed by atoms with Gasteiger partial charge in [-0.25, -0.2) is 0 Å². The number of H-pyrrole nitrogens is 1. The van der Waals surface area contributed by atoms with Crippen molar-refractivity contribution in [2.45, 2.75) is 13.3 Å². The van der Waals surface area contributed by atoms with E-state index in [9.17, 15) is 4.79 Å². The Kier molecular flexibility index (Phi) is 2.73. The Labute approximate surface area is 112 Å². The van der Waals surface area contributed by atoms with Crippen LogP contribution in [-0.2, 0) is 4.79 Å². The molecule has 1 saturated carbocycles. The van der Waals surface area contributed by atoms with Gasteiger partial charge in [-0.1, -0.05) is 18.2 Å². The van der Waals surface area contributed by atoms with Gasteiger partial charge in [0.2, 0.25) is 0 Å². The Morgan fingerprint density at radius 2 is 2.21 bits per heavy atom. The number of rotatable bonds is 4. The number of carboxylic acid groups (broad SMARTS) is 1. The van der Waals surface area contributed by atoms with Crippen LogP contribution >= 0.6 is 0 Å². The largest absolute Gasteiger partial charge is 0.481 e. The fraction of sp³-hybridized carbons (Fsp3) is 0.400. The smallest absolute Gasteiger partial charge is 0.306 e. The summed E-state index contributed by atoms with van der Waals surface area (Å²) in [5, 5.41) is 10.2. The second kappa shape index (κ2) is 4.30. The van der Waals surface area contributed by atoms with Crippen molar-refractivity contribution in [1.29, 1.82) is 0 Å². The van der Waals surface area contributed by atoms with E-state index < -0.39 is 5.97 Å². The molecule has 0 amide bonds. The highest BCUT2D eigenvalue weighted by Crippen LogP contribution is 2.40. The van der Waals surface area contributed by atoms with E-state index in [1.165, 1.54) is 11.1 Å². The molecule has 19 heavy (non-hydrogen) atoms. The van der Waals surface area contributed by atoms with Gasteiger partial charge in [0.05, 0.1) is 11.6 Å². The zero-order valence-electron chi connectivity index (χ0n) is 11.2. The summed E-state index contributed by atoms with van der Waals surface area (Å²) in [7, 11) is 2.04. The summed E-state index contributed by atoms with van der Waals surface area (Å²) < 4.78 is 0. The van der Waals surface area contributed by atoms with Gasteiger partial charge in [-0.15, -0.1) is 0 Å². The molecule has 1 aliphatic carbocycles. The molecule has 3 rings (SSSR count). The van der Waals surface area contributed by atoms with Crippen LogP contribution < -0.4 is 4.90 Å². The number of para-hydroxylation sites is 1. The monoisotopic (exact) mass is 258 g/mol. The number of carboxylic acids is 1. The summed E-state index contributed by atoms with van der Waals surface area (Å²) >= 11 is 0. The topological polar surface area (TPSA) is 56.3 Å². The van der Waals surface area contributed by atoms with Crippen molar-refractivity contribution in [1.82, 2.24) is 4.98 Å². The number of fused-ring (bicyclic) bond motifs is 1. The SMILES string of the molecule is Cc1[nH]c2ccccc2c1N(C)CC1CC1C(=O)O. The van der Waals surface area contributed by atoms with E-state index in [1.54, 1.807) is 0 Å². The first-order valence-electron chi connectivity index (χ1n) is 6.59. The van der Waals surface area contributed by atoms with Gasteiger partial charge in [-0.05, 0) is 25.3 Å². The zero-order valence-corrected chi connectivity index (χ0v) is 11.2. The molecule has 4 nitrogen and oxygen atoms in total. The van der Waals surface area contributed by atoms with Crippen molar-refractivity contribution >= 4 is 22.6 Å². The van der Waals surface area contributed by atoms with Crippen molar-refractivity contribution in [3.8, 4) is 0 Å². The van der Waals surface area contributed by atoms with Crippen LogP contribution in [0.2, 0.25) is 0 Å². The number of benzene rings is 1. The van der Waals surface area contributed by atoms with Crippen LogP contribution in [0.15, 0.2) is 24.3 Å². The lowest BCUT2D eigenvalue weighted by Crippen LogP contribution is -2.22. The number of nitrogens with zero attached hydrogens (tertiary/aromatic N) is 1. The minimum absolute atomic E-state index is 0.145. The van der Waals surface area contributed by atoms with E-state index in [2.05, 4.69) is 28.9 Å². The fourth-order valence-electron chi connectivity index (χ4n) is 2.95. The Balaban J connectivity index is 1.84. The Bertz CT molecular complexity index is 632. The van der Waals surface area contributed by atoms with Gasteiger partial charge in [-0.3, -0.25) is 4.79 Å². The Morgan fingerprint density at radius 3 is 2.89 bits per heavy atom. The maximum atomic E-state index is 10.9. The molecule has 1 aromatic heterocycles. The van der Waals surface area contributed by atoms with E-state index in [1.807, 2.05) is 19.2 Å². The molecule has 0 bridgehead atoms. The van der Waals surface area contributed by atoms with Crippen LogP contribution in [-0.4, -0.2) is 29.7 Å². The van der Waals surface area contributed by atoms with Crippen LogP contribution in [0.3, 0.4) is 0 Å². The molecule has 1 heterocycles. The summed E-state index contributed by atoms with van der Waals surface area (Å²) in [5.74, 6) is -0.516. The predicted molar refractivity (Wildman–Crippen MR) is 75.5 cm³/mol. The lowest BCUT2D eigenvalue weighted by atomic mass is 10.2. The van der Waals surface area contributed by atoms with Crippen LogP contribution in [0, 0.1) is 18.8 Å². The van der Waals surface area contributed by atoms with Crippen molar-refractivity contribution in [3.63, 3.8) is 0 Å². The molecule has 0 saturated heterocycles. The molecule has 0 aliphatic heterocycles. The third-order valence-corrected chi connectivity index (χ3v) is 3.99. The summed E-state index contributed by atoms with van der Waals surface area (Å²) in [5.41, 5.74) is 3.45. The summed E-state index contributed by atoms with van der Waals surface area (Å²) in [6, 6.07) is 8.22. The second-order valence-electron chi connectivity index (χ2n) is 5.47. The van der Waals surface area contributed by atoms with Gasteiger partial charge in [-0.2, -0.15) is 0 Å². The molecule has 2 N–H and O–H groups in total. The van der Waals surface area contributed by atoms with Crippen molar-refractivity contribution in [3.05, 3.63) is 30.0 Å². The first-order valence-corrected chi connectivity index (χ1v) is 6.59. The highest BCUT2D eigenvalue weighted by molar-refractivity contribution is 5.94. The van der Waals surface area contributed by atoms with Crippen molar-refractivity contribution in [2.75, 3.05) is 18.5 Å². The summed E-state index contributed by atoms with van der Waals surface area (Å²) in [4.78, 5) is 16.5. The molecule has 1 aromatic carbocycles. The highest BCUT2D eigenvalue weighted by atomic mass is 16.4. The van der Waals surface area contributed by atoms with Gasteiger partial charge in [0, 0.05) is 30.2 Å². The molecule has 4 heteroatoms. The fourth-order valence-corrected chi connectivity index (χ4v) is 2.95. The predicted octanol–water partition coefficient (Wildman–Crippen LogP) is 2.63. The molecular formula is C15H18N2O2. The third-order valence-electron chi connectivity index (χ3n) is 3.99. The number of hydrogen-bond donors (Lipinski definition) is 2. The number of aliphatic carboxylic acids is 1. The number of aromatic amines is 1. The summed E-state index contributed by atoms with van der Waals surface area (Å²) in [6.45, 7) is 2.87. The first kappa shape index (κ1) is 12.1. The third kappa shape index (κ3) is 2.07. The quantitative estimate of drug-likeness (QED) is 0.886. The van der Waals surface area contributed by atoms with E-state index >= 15 is 0 Å². The molecule has 0 radical (unpaired) electrons. The average molecular weight is 258 g/mol. The van der Waals surface area contributed by atoms with E-state index in [4.69, 9.17) is 5.11 Å². The molecule has 2 unspecified atom stereocenters. The molecule has 1 fully saturated rings. The number of hydrogen-bond acceptors (Lipinski definition) is 2. The minimum Gasteiger partial charge on any atom is -0.481 e. The number of aromatic nitrogens is 1. The number of carbonyl (C=O) groups is 1. The lowest BCUT2D eigenvalue weighted by molar-refractivity contribution is -0.138. The lowest BCUT2D eigenvalue weighted by Gasteiger charge is -2.19. The van der Waals surface area contributed by atoms with Crippen LogP contribution in [0.25, 0.3) is 10.9 Å². The minimum atomic E-state index is -0.658. The molecule has 2 aromatic rings. The maximum Gasteiger partial charge on any atom is 0.306 e. The van der Waals surface area contributed by atoms with Gasteiger partial charge >= 0.3 is 5.97 Å². The zero-order chi connectivity index (χ0) is 13.6. The van der Waals surface area contributed by atoms with E-state index in [-0.39, 0.29) is 11.8 Å².